The van der Waals surface area contributed by atoms with Crippen molar-refractivity contribution in [3.8, 4) is 0 Å². The van der Waals surface area contributed by atoms with Crippen molar-refractivity contribution in [2.24, 2.45) is 5.11 Å². The monoisotopic (exact) mass is 699 g/mol. The Kier molecular flexibility index (Phi) is 7.79. The molecule has 0 radical (unpaired) electrons. The minimum absolute atomic E-state index is 0.000177. The molecule has 0 aromatic carbocycles. The highest BCUT2D eigenvalue weighted by Crippen LogP contribution is 2.54. The molecule has 4 aromatic heterocycles. The van der Waals surface area contributed by atoms with Crippen molar-refractivity contribution in [2.45, 2.75) is 49.0 Å². The van der Waals surface area contributed by atoms with Gasteiger partial charge in [0.15, 0.2) is 29.1 Å². The minimum Gasteiger partial charge on any atom is -0.386 e. The van der Waals surface area contributed by atoms with Crippen LogP contribution in [-0.4, -0.2) is 98.7 Å². The number of pyridine rings is 1. The number of aliphatic hydroxyl groups excluding tert-OH is 1. The number of azide groups is 1. The summed E-state index contributed by atoms with van der Waals surface area (Å²) in [5, 5.41) is 14.8. The molecule has 0 saturated carbocycles. The maximum absolute atomic E-state index is 13.4. The molecule has 7 N–H and O–H groups in total. The largest absolute Gasteiger partial charge is 0.472 e. The van der Waals surface area contributed by atoms with Crippen molar-refractivity contribution >= 4 is 43.9 Å². The van der Waals surface area contributed by atoms with Crippen LogP contribution in [0.15, 0.2) is 39.6 Å². The summed E-state index contributed by atoms with van der Waals surface area (Å²) in [4.78, 5) is 65.9. The lowest BCUT2D eigenvalue weighted by molar-refractivity contribution is -0.0670. The first-order chi connectivity index (χ1) is 22.4. The Balaban J connectivity index is 1.24. The van der Waals surface area contributed by atoms with Gasteiger partial charge >= 0.3 is 15.6 Å². The first-order valence-electron chi connectivity index (χ1n) is 13.5. The molecule has 26 heteroatoms. The molecular weight excluding hydrogens is 676 g/mol. The predicted octanol–water partition coefficient (Wildman–Crippen LogP) is -0.707. The summed E-state index contributed by atoms with van der Waals surface area (Å²) in [5.41, 5.74) is 13.6. The summed E-state index contributed by atoms with van der Waals surface area (Å²) in [7, 11) is -10.3. The molecule has 250 valence electrons. The molecule has 3 aliphatic heterocycles. The smallest absolute Gasteiger partial charge is 0.386 e. The van der Waals surface area contributed by atoms with Crippen LogP contribution in [0, 0.1) is 0 Å². The highest BCUT2D eigenvalue weighted by molar-refractivity contribution is 7.47. The Bertz CT molecular complexity index is 2130. The molecule has 2 bridgehead atoms. The molecule has 47 heavy (non-hydrogen) atoms. The van der Waals surface area contributed by atoms with Crippen LogP contribution < -0.4 is 16.7 Å². The molecule has 0 spiro atoms. The summed E-state index contributed by atoms with van der Waals surface area (Å²) in [6.45, 7) is -1.69. The van der Waals surface area contributed by atoms with Crippen molar-refractivity contribution in [2.75, 3.05) is 18.9 Å². The Morgan fingerprint density at radius 2 is 1.66 bits per heavy atom. The van der Waals surface area contributed by atoms with E-state index in [9.17, 15) is 39.1 Å². The van der Waals surface area contributed by atoms with E-state index in [4.69, 9.17) is 33.3 Å². The fraction of sp³-hybridized carbons (Fsp3) is 0.476. The Hall–Kier alpha value is -4.02. The highest BCUT2D eigenvalue weighted by Gasteiger charge is 2.54. The summed E-state index contributed by atoms with van der Waals surface area (Å²) < 4.78 is 61.7. The van der Waals surface area contributed by atoms with Crippen LogP contribution in [0.4, 0.5) is 5.95 Å². The number of aliphatic hydroxyl groups is 1. The van der Waals surface area contributed by atoms with Gasteiger partial charge < -0.3 is 35.1 Å². The van der Waals surface area contributed by atoms with Gasteiger partial charge in [-0.25, -0.2) is 19.1 Å². The van der Waals surface area contributed by atoms with Crippen LogP contribution >= 0.6 is 15.6 Å². The number of nitrogens with one attached hydrogen (secondary N) is 2. The van der Waals surface area contributed by atoms with Gasteiger partial charge in [0, 0.05) is 17.2 Å². The van der Waals surface area contributed by atoms with Crippen LogP contribution in [-0.2, 0) is 36.7 Å². The summed E-state index contributed by atoms with van der Waals surface area (Å²) >= 11 is 0. The van der Waals surface area contributed by atoms with Gasteiger partial charge in [-0.1, -0.05) is 5.11 Å². The van der Waals surface area contributed by atoms with Gasteiger partial charge in [0.2, 0.25) is 11.4 Å². The number of phosphoric ester groups is 2. The second-order valence-corrected chi connectivity index (χ2v) is 13.3. The van der Waals surface area contributed by atoms with E-state index in [1.165, 1.54) is 23.2 Å². The quantitative estimate of drug-likeness (QED) is 0.0665. The topological polar surface area (TPSA) is 339 Å². The number of aromatic amines is 2. The first-order valence-corrected chi connectivity index (χ1v) is 16.5. The number of rotatable bonds is 3. The predicted molar refractivity (Wildman–Crippen MR) is 151 cm³/mol. The Morgan fingerprint density at radius 3 is 2.40 bits per heavy atom. The van der Waals surface area contributed by atoms with E-state index < -0.39 is 88.9 Å². The van der Waals surface area contributed by atoms with Gasteiger partial charge in [-0.2, -0.15) is 4.98 Å². The molecule has 0 amide bonds. The third kappa shape index (κ3) is 5.65. The van der Waals surface area contributed by atoms with Gasteiger partial charge in [0.05, 0.1) is 38.0 Å². The average Bonchev–Trinajstić information content (AvgIpc) is 3.76. The number of nitrogen functional groups attached to an aromatic ring is 1. The molecule has 3 aliphatic rings. The number of nitrogens with two attached hydrogens (primary N) is 1. The number of imidazole rings is 2. The third-order valence-electron chi connectivity index (χ3n) is 7.60. The number of fused-ring (bicyclic) bond motifs is 5. The first kappa shape index (κ1) is 31.6. The van der Waals surface area contributed by atoms with Gasteiger partial charge in [-0.15, -0.1) is 0 Å². The normalized spacial score (nSPS) is 36.3. The van der Waals surface area contributed by atoms with Gasteiger partial charge in [0.25, 0.3) is 5.56 Å². The fourth-order valence-corrected chi connectivity index (χ4v) is 7.49. The lowest BCUT2D eigenvalue weighted by Gasteiger charge is -2.26. The van der Waals surface area contributed by atoms with E-state index in [1.54, 1.807) is 0 Å². The number of phosphoric acid groups is 2. The molecule has 7 rings (SSSR count). The maximum atomic E-state index is 13.4. The number of ether oxygens (including phenoxy) is 2. The standard InChI is InChI=1S/C21H23N11O13P2/c22-21-27-17-12(18(35)28-21)26-6-32(17)20-15-11(29-30-23)8(42-20)3-40-46(36,37)44-14-9(4-41-47(38,39)45-15)43-19(13(14)34)31-5-25-10-7(33)1-2-24-16(10)31/h1-2,5-6,8-9,11,13-15,19-20,34H,3-4H2,(H,24,33)(H,36,37)(H,38,39)(H3,22,27,28,35)/t8-,9-,11-,13-,14-,15-,19-,20-/m1/s1. The number of H-pyrrole nitrogens is 2. The zero-order chi connectivity index (χ0) is 33.2. The van der Waals surface area contributed by atoms with E-state index in [1.807, 2.05) is 0 Å². The number of anilines is 1. The van der Waals surface area contributed by atoms with Crippen LogP contribution in [0.25, 0.3) is 32.8 Å². The Morgan fingerprint density at radius 1 is 1.00 bits per heavy atom. The van der Waals surface area contributed by atoms with E-state index in [-0.39, 0.29) is 28.3 Å². The van der Waals surface area contributed by atoms with Crippen molar-refractivity contribution in [1.29, 1.82) is 0 Å². The zero-order valence-electron chi connectivity index (χ0n) is 23.3. The van der Waals surface area contributed by atoms with E-state index in [2.05, 4.69) is 34.9 Å². The number of hydrogen-bond donors (Lipinski definition) is 6. The summed E-state index contributed by atoms with van der Waals surface area (Å²) in [6.07, 6.45) is -7.42. The lowest BCUT2D eigenvalue weighted by atomic mass is 10.1. The summed E-state index contributed by atoms with van der Waals surface area (Å²) in [5.74, 6) is -0.301. The maximum Gasteiger partial charge on any atom is 0.472 e. The number of aromatic nitrogens is 7. The molecule has 2 unspecified atom stereocenters. The van der Waals surface area contributed by atoms with Crippen LogP contribution in [0.2, 0.25) is 0 Å². The molecule has 10 atom stereocenters. The molecule has 7 heterocycles. The zero-order valence-corrected chi connectivity index (χ0v) is 25.1. The molecule has 4 aromatic rings. The average molecular weight is 699 g/mol. The molecule has 3 saturated heterocycles. The van der Waals surface area contributed by atoms with E-state index >= 15 is 0 Å². The number of hydrogen-bond acceptors (Lipinski definition) is 16. The van der Waals surface area contributed by atoms with Crippen molar-refractivity contribution in [1.82, 2.24) is 34.1 Å². The second-order valence-electron chi connectivity index (χ2n) is 10.5. The second kappa shape index (κ2) is 11.6. The minimum atomic E-state index is -5.17. The van der Waals surface area contributed by atoms with E-state index in [0.29, 0.717) is 0 Å². The molecular formula is C21H23N11O13P2. The summed E-state index contributed by atoms with van der Waals surface area (Å²) in [6, 6.07) is -0.278. The molecule has 24 nitrogen and oxygen atoms in total. The van der Waals surface area contributed by atoms with Crippen molar-refractivity contribution < 1.29 is 51.6 Å². The van der Waals surface area contributed by atoms with Crippen LogP contribution in [0.3, 0.4) is 0 Å². The van der Waals surface area contributed by atoms with Crippen LogP contribution in [0.1, 0.15) is 12.5 Å². The van der Waals surface area contributed by atoms with Gasteiger partial charge in [-0.05, 0) is 5.53 Å². The third-order valence-corrected chi connectivity index (χ3v) is 9.57. The van der Waals surface area contributed by atoms with Crippen molar-refractivity contribution in [3.05, 3.63) is 55.9 Å². The van der Waals surface area contributed by atoms with Gasteiger partial charge in [-0.3, -0.25) is 41.8 Å². The fourth-order valence-electron chi connectivity index (χ4n) is 5.59. The lowest BCUT2D eigenvalue weighted by Crippen LogP contribution is -2.36. The highest BCUT2D eigenvalue weighted by atomic mass is 31.2. The van der Waals surface area contributed by atoms with Crippen LogP contribution in [0.5, 0.6) is 0 Å². The number of nitrogens with zero attached hydrogens (tertiary/aromatic N) is 8. The van der Waals surface area contributed by atoms with Crippen molar-refractivity contribution in [3.63, 3.8) is 0 Å². The SMILES string of the molecule is [N-]=[N+]=N[C@H]1[C@H]2OP(=O)(O)OC[C@H]3O[C@@H](n4cnc5c(=O)cc[nH]c54)[C@H](O)[C@@H]3OP(=O)(O)OC[C@H]1O[C@H]2n1cnc2c(=O)[nH]c(N)nc21. The Labute approximate surface area is 258 Å². The molecule has 3 fully saturated rings. The van der Waals surface area contributed by atoms with E-state index in [0.717, 1.165) is 10.9 Å². The van der Waals surface area contributed by atoms with Gasteiger partial charge in [0.1, 0.15) is 30.1 Å². The molecule has 0 aliphatic carbocycles.